The van der Waals surface area contributed by atoms with Crippen molar-refractivity contribution in [2.45, 2.75) is 71.6 Å². The standard InChI is InChI=1S/C14H28N2O4/c1-7-19-11(17)8-10(15)9-14(5,6)16-12(18)20-13(2,3)4/h10H,7-9,15H2,1-6H3,(H,16,18). The van der Waals surface area contributed by atoms with E-state index in [9.17, 15) is 9.59 Å². The molecule has 0 aliphatic heterocycles. The maximum Gasteiger partial charge on any atom is 0.408 e. The highest BCUT2D eigenvalue weighted by Crippen LogP contribution is 2.15. The van der Waals surface area contributed by atoms with Crippen LogP contribution in [0, 0.1) is 0 Å². The third kappa shape index (κ3) is 9.61. The van der Waals surface area contributed by atoms with Gasteiger partial charge in [-0.05, 0) is 48.0 Å². The van der Waals surface area contributed by atoms with Crippen molar-refractivity contribution in [3.05, 3.63) is 0 Å². The molecule has 20 heavy (non-hydrogen) atoms. The Morgan fingerprint density at radius 1 is 1.20 bits per heavy atom. The van der Waals surface area contributed by atoms with Gasteiger partial charge in [-0.3, -0.25) is 4.79 Å². The number of amides is 1. The number of rotatable bonds is 6. The number of nitrogens with one attached hydrogen (secondary N) is 1. The highest BCUT2D eigenvalue weighted by Gasteiger charge is 2.27. The van der Waals surface area contributed by atoms with Crippen molar-refractivity contribution in [3.8, 4) is 0 Å². The van der Waals surface area contributed by atoms with Crippen LogP contribution < -0.4 is 11.1 Å². The Balaban J connectivity index is 4.30. The molecule has 6 heteroatoms. The molecule has 0 aliphatic carbocycles. The number of nitrogens with two attached hydrogens (primary N) is 1. The lowest BCUT2D eigenvalue weighted by Gasteiger charge is -2.30. The van der Waals surface area contributed by atoms with E-state index in [1.807, 2.05) is 13.8 Å². The van der Waals surface area contributed by atoms with E-state index in [0.717, 1.165) is 0 Å². The van der Waals surface area contributed by atoms with Gasteiger partial charge in [-0.25, -0.2) is 4.79 Å². The minimum Gasteiger partial charge on any atom is -0.466 e. The molecule has 1 amide bonds. The number of esters is 1. The van der Waals surface area contributed by atoms with Crippen LogP contribution >= 0.6 is 0 Å². The van der Waals surface area contributed by atoms with E-state index >= 15 is 0 Å². The number of hydrogen-bond acceptors (Lipinski definition) is 5. The molecule has 0 aromatic rings. The van der Waals surface area contributed by atoms with Gasteiger partial charge in [0.2, 0.25) is 0 Å². The van der Waals surface area contributed by atoms with E-state index in [1.54, 1.807) is 27.7 Å². The van der Waals surface area contributed by atoms with Gasteiger partial charge in [0.1, 0.15) is 5.60 Å². The maximum absolute atomic E-state index is 11.7. The molecule has 0 rings (SSSR count). The van der Waals surface area contributed by atoms with E-state index in [0.29, 0.717) is 13.0 Å². The normalized spacial score (nSPS) is 13.6. The van der Waals surface area contributed by atoms with Gasteiger partial charge in [-0.2, -0.15) is 0 Å². The Morgan fingerprint density at radius 3 is 2.20 bits per heavy atom. The number of carbonyl (C=O) groups excluding carboxylic acids is 2. The van der Waals surface area contributed by atoms with E-state index in [1.165, 1.54) is 0 Å². The monoisotopic (exact) mass is 288 g/mol. The summed E-state index contributed by atoms with van der Waals surface area (Å²) in [5.74, 6) is -0.326. The molecule has 0 bridgehead atoms. The first-order valence-corrected chi connectivity index (χ1v) is 6.87. The molecule has 0 spiro atoms. The van der Waals surface area contributed by atoms with Crippen molar-refractivity contribution in [2.24, 2.45) is 5.73 Å². The van der Waals surface area contributed by atoms with Crippen LogP contribution in [0.15, 0.2) is 0 Å². The average molecular weight is 288 g/mol. The molecule has 0 aromatic carbocycles. The summed E-state index contributed by atoms with van der Waals surface area (Å²) in [6, 6.07) is -0.376. The second kappa shape index (κ2) is 7.47. The molecule has 0 fully saturated rings. The molecule has 0 aliphatic rings. The predicted molar refractivity (Wildman–Crippen MR) is 77.3 cm³/mol. The topological polar surface area (TPSA) is 90.6 Å². The highest BCUT2D eigenvalue weighted by atomic mass is 16.6. The van der Waals surface area contributed by atoms with Gasteiger partial charge in [0.15, 0.2) is 0 Å². The van der Waals surface area contributed by atoms with E-state index in [-0.39, 0.29) is 18.4 Å². The molecule has 0 radical (unpaired) electrons. The molecular formula is C14H28N2O4. The Labute approximate surface area is 121 Å². The lowest BCUT2D eigenvalue weighted by molar-refractivity contribution is -0.143. The van der Waals surface area contributed by atoms with Crippen LogP contribution in [0.1, 0.15) is 54.4 Å². The number of carbonyl (C=O) groups is 2. The van der Waals surface area contributed by atoms with Crippen molar-refractivity contribution in [3.63, 3.8) is 0 Å². The minimum atomic E-state index is -0.561. The van der Waals surface area contributed by atoms with Crippen LogP contribution in [0.5, 0.6) is 0 Å². The molecule has 1 atom stereocenters. The molecule has 0 saturated heterocycles. The van der Waals surface area contributed by atoms with Crippen LogP contribution in [0.2, 0.25) is 0 Å². The van der Waals surface area contributed by atoms with Crippen LogP contribution in [0.25, 0.3) is 0 Å². The fourth-order valence-electron chi connectivity index (χ4n) is 1.79. The van der Waals surface area contributed by atoms with E-state index in [2.05, 4.69) is 5.32 Å². The third-order valence-electron chi connectivity index (χ3n) is 2.35. The first-order chi connectivity index (χ1) is 8.95. The molecule has 118 valence electrons. The predicted octanol–water partition coefficient (Wildman–Crippen LogP) is 1.96. The SMILES string of the molecule is CCOC(=O)CC(N)CC(C)(C)NC(=O)OC(C)(C)C. The molecule has 0 aromatic heterocycles. The van der Waals surface area contributed by atoms with Crippen molar-refractivity contribution >= 4 is 12.1 Å². The van der Waals surface area contributed by atoms with Crippen molar-refractivity contribution in [1.29, 1.82) is 0 Å². The Hall–Kier alpha value is -1.30. The quantitative estimate of drug-likeness (QED) is 0.729. The largest absolute Gasteiger partial charge is 0.466 e. The summed E-state index contributed by atoms with van der Waals surface area (Å²) in [5, 5.41) is 2.76. The fourth-order valence-corrected chi connectivity index (χ4v) is 1.79. The Morgan fingerprint density at radius 2 is 1.75 bits per heavy atom. The Bertz CT molecular complexity index is 335. The smallest absolute Gasteiger partial charge is 0.408 e. The summed E-state index contributed by atoms with van der Waals surface area (Å²) in [5.41, 5.74) is 4.79. The number of hydrogen-bond donors (Lipinski definition) is 2. The van der Waals surface area contributed by atoms with Crippen molar-refractivity contribution in [1.82, 2.24) is 5.32 Å². The van der Waals surface area contributed by atoms with E-state index < -0.39 is 17.2 Å². The summed E-state index contributed by atoms with van der Waals surface area (Å²) in [6.45, 7) is 11.1. The van der Waals surface area contributed by atoms with E-state index in [4.69, 9.17) is 15.2 Å². The van der Waals surface area contributed by atoms with Gasteiger partial charge in [0.25, 0.3) is 0 Å². The van der Waals surface area contributed by atoms with Gasteiger partial charge >= 0.3 is 12.1 Å². The van der Waals surface area contributed by atoms with Crippen LogP contribution in [-0.2, 0) is 14.3 Å². The molecule has 0 heterocycles. The van der Waals surface area contributed by atoms with Gasteiger partial charge in [-0.15, -0.1) is 0 Å². The Kier molecular flexibility index (Phi) is 6.99. The summed E-state index contributed by atoms with van der Waals surface area (Å²) in [4.78, 5) is 23.0. The molecular weight excluding hydrogens is 260 g/mol. The summed E-state index contributed by atoms with van der Waals surface area (Å²) in [7, 11) is 0. The second-order valence-electron chi connectivity index (χ2n) is 6.48. The van der Waals surface area contributed by atoms with Crippen LogP contribution in [-0.4, -0.2) is 35.9 Å². The third-order valence-corrected chi connectivity index (χ3v) is 2.35. The highest BCUT2D eigenvalue weighted by molar-refractivity contribution is 5.70. The molecule has 6 nitrogen and oxygen atoms in total. The lowest BCUT2D eigenvalue weighted by Crippen LogP contribution is -2.49. The number of ether oxygens (including phenoxy) is 2. The molecule has 0 saturated carbocycles. The summed E-state index contributed by atoms with van der Waals surface area (Å²) < 4.78 is 10.0. The first kappa shape index (κ1) is 18.7. The van der Waals surface area contributed by atoms with Gasteiger partial charge in [0.05, 0.1) is 13.0 Å². The lowest BCUT2D eigenvalue weighted by atomic mass is 9.94. The second-order valence-corrected chi connectivity index (χ2v) is 6.48. The molecule has 1 unspecified atom stereocenters. The number of alkyl carbamates (subject to hydrolysis) is 1. The zero-order valence-electron chi connectivity index (χ0n) is 13.4. The van der Waals surface area contributed by atoms with Crippen LogP contribution in [0.4, 0.5) is 4.79 Å². The maximum atomic E-state index is 11.7. The minimum absolute atomic E-state index is 0.132. The van der Waals surface area contributed by atoms with Gasteiger partial charge < -0.3 is 20.5 Å². The van der Waals surface area contributed by atoms with Gasteiger partial charge in [0, 0.05) is 11.6 Å². The van der Waals surface area contributed by atoms with Crippen molar-refractivity contribution < 1.29 is 19.1 Å². The average Bonchev–Trinajstić information content (AvgIpc) is 2.10. The zero-order chi connectivity index (χ0) is 16.0. The van der Waals surface area contributed by atoms with Crippen LogP contribution in [0.3, 0.4) is 0 Å². The molecule has 3 N–H and O–H groups in total. The summed E-state index contributed by atoms with van der Waals surface area (Å²) >= 11 is 0. The van der Waals surface area contributed by atoms with Gasteiger partial charge in [-0.1, -0.05) is 0 Å². The first-order valence-electron chi connectivity index (χ1n) is 6.87. The summed E-state index contributed by atoms with van der Waals surface area (Å²) in [6.07, 6.45) is 0.0871. The fraction of sp³-hybridized carbons (Fsp3) is 0.857. The van der Waals surface area contributed by atoms with Crippen molar-refractivity contribution in [2.75, 3.05) is 6.61 Å². The zero-order valence-corrected chi connectivity index (χ0v) is 13.4.